The lowest BCUT2D eigenvalue weighted by atomic mass is 10.0. The van der Waals surface area contributed by atoms with Gasteiger partial charge in [-0.1, -0.05) is 12.1 Å². The largest absolute Gasteiger partial charge is 0.508 e. The number of hydrogen-bond donors (Lipinski definition) is 4. The first-order valence-electron chi connectivity index (χ1n) is 9.74. The smallest absolute Gasteiger partial charge is 0.161 e. The number of benzene rings is 2. The molecule has 1 fully saturated rings. The molecule has 7 heteroatoms. The minimum Gasteiger partial charge on any atom is -0.508 e. The SMILES string of the molecule is COc1ccc(C2CCC(CNCC(O)c3ccc(O)c(CO)c3)O2)cc1OC. The Labute approximate surface area is 170 Å². The number of hydrogen-bond acceptors (Lipinski definition) is 7. The molecule has 0 aromatic heterocycles. The summed E-state index contributed by atoms with van der Waals surface area (Å²) < 4.78 is 16.8. The van der Waals surface area contributed by atoms with E-state index in [2.05, 4.69) is 5.32 Å². The lowest BCUT2D eigenvalue weighted by Gasteiger charge is -2.18. The number of ether oxygens (including phenoxy) is 3. The van der Waals surface area contributed by atoms with Gasteiger partial charge in [-0.15, -0.1) is 0 Å². The predicted octanol–water partition coefficient (Wildman–Crippen LogP) is 2.45. The first kappa shape index (κ1) is 21.4. The molecule has 0 aliphatic carbocycles. The molecule has 0 bridgehead atoms. The normalized spacial score (nSPS) is 19.9. The van der Waals surface area contributed by atoms with Gasteiger partial charge in [0.1, 0.15) is 5.75 Å². The van der Waals surface area contributed by atoms with Crippen LogP contribution in [0.1, 0.15) is 41.7 Å². The first-order chi connectivity index (χ1) is 14.0. The molecule has 2 aromatic rings. The quantitative estimate of drug-likeness (QED) is 0.510. The Hall–Kier alpha value is -2.32. The number of nitrogens with one attached hydrogen (secondary N) is 1. The van der Waals surface area contributed by atoms with Gasteiger partial charge in [-0.2, -0.15) is 0 Å². The standard InChI is InChI=1S/C22H29NO6/c1-27-21-7-4-15(10-22(21)28-2)20-8-5-17(29-20)11-23-12-19(26)14-3-6-18(25)16(9-14)13-24/h3-4,6-7,9-10,17,19-20,23-26H,5,8,11-13H2,1-2H3. The third-order valence-electron chi connectivity index (χ3n) is 5.26. The summed E-state index contributed by atoms with van der Waals surface area (Å²) in [6.07, 6.45) is 1.19. The lowest BCUT2D eigenvalue weighted by Crippen LogP contribution is -2.30. The van der Waals surface area contributed by atoms with Crippen molar-refractivity contribution in [2.75, 3.05) is 27.3 Å². The number of methoxy groups -OCH3 is 2. The molecule has 1 heterocycles. The molecule has 4 N–H and O–H groups in total. The maximum Gasteiger partial charge on any atom is 0.161 e. The zero-order chi connectivity index (χ0) is 20.8. The van der Waals surface area contributed by atoms with E-state index in [-0.39, 0.29) is 24.6 Å². The second-order valence-electron chi connectivity index (χ2n) is 7.16. The molecule has 1 aliphatic rings. The summed E-state index contributed by atoms with van der Waals surface area (Å²) in [6.45, 7) is 0.718. The van der Waals surface area contributed by atoms with Crippen molar-refractivity contribution in [1.82, 2.24) is 5.32 Å². The molecule has 158 valence electrons. The minimum atomic E-state index is -0.732. The number of aromatic hydroxyl groups is 1. The Balaban J connectivity index is 1.49. The van der Waals surface area contributed by atoms with Gasteiger partial charge in [0.25, 0.3) is 0 Å². The monoisotopic (exact) mass is 403 g/mol. The maximum absolute atomic E-state index is 10.4. The average molecular weight is 403 g/mol. The van der Waals surface area contributed by atoms with Gasteiger partial charge < -0.3 is 34.8 Å². The summed E-state index contributed by atoms with van der Waals surface area (Å²) in [5, 5.41) is 32.5. The van der Waals surface area contributed by atoms with E-state index in [9.17, 15) is 15.3 Å². The van der Waals surface area contributed by atoms with Crippen LogP contribution in [0.2, 0.25) is 0 Å². The topological polar surface area (TPSA) is 100 Å². The highest BCUT2D eigenvalue weighted by Gasteiger charge is 2.27. The molecule has 7 nitrogen and oxygen atoms in total. The number of rotatable bonds is 9. The summed E-state index contributed by atoms with van der Waals surface area (Å²) in [6, 6.07) is 10.6. The highest BCUT2D eigenvalue weighted by Crippen LogP contribution is 2.37. The molecule has 2 aromatic carbocycles. The fourth-order valence-corrected chi connectivity index (χ4v) is 3.59. The molecular weight excluding hydrogens is 374 g/mol. The van der Waals surface area contributed by atoms with Crippen molar-refractivity contribution in [3.8, 4) is 17.2 Å². The van der Waals surface area contributed by atoms with Crippen LogP contribution in [0.15, 0.2) is 36.4 Å². The number of aliphatic hydroxyl groups excluding tert-OH is 2. The summed E-state index contributed by atoms with van der Waals surface area (Å²) in [4.78, 5) is 0. The van der Waals surface area contributed by atoms with E-state index >= 15 is 0 Å². The zero-order valence-electron chi connectivity index (χ0n) is 16.8. The Kier molecular flexibility index (Phi) is 7.33. The van der Waals surface area contributed by atoms with Crippen molar-refractivity contribution in [2.45, 2.75) is 37.8 Å². The molecule has 1 aliphatic heterocycles. The third kappa shape index (κ3) is 5.19. The maximum atomic E-state index is 10.4. The van der Waals surface area contributed by atoms with Crippen LogP contribution in [-0.2, 0) is 11.3 Å². The van der Waals surface area contributed by atoms with Gasteiger partial charge in [0, 0.05) is 18.7 Å². The van der Waals surface area contributed by atoms with Crippen LogP contribution in [0.25, 0.3) is 0 Å². The van der Waals surface area contributed by atoms with Crippen LogP contribution in [-0.4, -0.2) is 48.7 Å². The molecule has 0 radical (unpaired) electrons. The predicted molar refractivity (Wildman–Crippen MR) is 108 cm³/mol. The highest BCUT2D eigenvalue weighted by atomic mass is 16.5. The van der Waals surface area contributed by atoms with Gasteiger partial charge in [0.2, 0.25) is 0 Å². The lowest BCUT2D eigenvalue weighted by molar-refractivity contribution is 0.0427. The van der Waals surface area contributed by atoms with E-state index in [4.69, 9.17) is 14.2 Å². The van der Waals surface area contributed by atoms with E-state index in [1.807, 2.05) is 18.2 Å². The summed E-state index contributed by atoms with van der Waals surface area (Å²) in [5.74, 6) is 1.41. The zero-order valence-corrected chi connectivity index (χ0v) is 16.8. The fourth-order valence-electron chi connectivity index (χ4n) is 3.59. The Morgan fingerprint density at radius 1 is 1.10 bits per heavy atom. The fraction of sp³-hybridized carbons (Fsp3) is 0.455. The Bertz CT molecular complexity index is 812. The van der Waals surface area contributed by atoms with E-state index in [1.165, 1.54) is 6.07 Å². The van der Waals surface area contributed by atoms with Crippen molar-refractivity contribution < 1.29 is 29.5 Å². The summed E-state index contributed by atoms with van der Waals surface area (Å²) >= 11 is 0. The molecule has 0 saturated carbocycles. The van der Waals surface area contributed by atoms with Crippen LogP contribution in [0.5, 0.6) is 17.2 Å². The van der Waals surface area contributed by atoms with Crippen molar-refractivity contribution in [1.29, 1.82) is 0 Å². The molecular formula is C22H29NO6. The van der Waals surface area contributed by atoms with Gasteiger partial charge in [-0.25, -0.2) is 0 Å². The second-order valence-corrected chi connectivity index (χ2v) is 7.16. The van der Waals surface area contributed by atoms with E-state index in [1.54, 1.807) is 26.4 Å². The van der Waals surface area contributed by atoms with Crippen LogP contribution in [0.4, 0.5) is 0 Å². The Morgan fingerprint density at radius 3 is 2.62 bits per heavy atom. The second kappa shape index (κ2) is 9.93. The number of phenols is 1. The molecule has 0 amide bonds. The van der Waals surface area contributed by atoms with E-state index in [0.717, 1.165) is 18.4 Å². The molecule has 1 saturated heterocycles. The van der Waals surface area contributed by atoms with Crippen molar-refractivity contribution in [3.63, 3.8) is 0 Å². The average Bonchev–Trinajstić information content (AvgIpc) is 3.22. The van der Waals surface area contributed by atoms with Crippen LogP contribution in [0.3, 0.4) is 0 Å². The third-order valence-corrected chi connectivity index (χ3v) is 5.26. The molecule has 3 atom stereocenters. The van der Waals surface area contributed by atoms with Crippen molar-refractivity contribution in [2.24, 2.45) is 0 Å². The molecule has 29 heavy (non-hydrogen) atoms. The van der Waals surface area contributed by atoms with Crippen molar-refractivity contribution >= 4 is 0 Å². The van der Waals surface area contributed by atoms with Gasteiger partial charge in [-0.3, -0.25) is 0 Å². The van der Waals surface area contributed by atoms with Crippen LogP contribution >= 0.6 is 0 Å². The van der Waals surface area contributed by atoms with Crippen molar-refractivity contribution in [3.05, 3.63) is 53.1 Å². The van der Waals surface area contributed by atoms with Gasteiger partial charge in [0.05, 0.1) is 39.1 Å². The molecule has 3 unspecified atom stereocenters. The van der Waals surface area contributed by atoms with E-state index in [0.29, 0.717) is 35.7 Å². The summed E-state index contributed by atoms with van der Waals surface area (Å²) in [7, 11) is 3.23. The van der Waals surface area contributed by atoms with Crippen LogP contribution < -0.4 is 14.8 Å². The molecule has 3 rings (SSSR count). The number of aliphatic hydroxyl groups is 2. The van der Waals surface area contributed by atoms with Gasteiger partial charge in [0.15, 0.2) is 11.5 Å². The van der Waals surface area contributed by atoms with Gasteiger partial charge in [-0.05, 0) is 48.2 Å². The Morgan fingerprint density at radius 2 is 1.90 bits per heavy atom. The van der Waals surface area contributed by atoms with E-state index < -0.39 is 6.10 Å². The van der Waals surface area contributed by atoms with Crippen LogP contribution in [0, 0.1) is 0 Å². The minimum absolute atomic E-state index is 0.00994. The van der Waals surface area contributed by atoms with Gasteiger partial charge >= 0.3 is 0 Å². The summed E-state index contributed by atoms with van der Waals surface area (Å²) in [5.41, 5.74) is 2.11. The first-order valence-corrected chi connectivity index (χ1v) is 9.74. The molecule has 0 spiro atoms. The highest BCUT2D eigenvalue weighted by molar-refractivity contribution is 5.43.